The Bertz CT molecular complexity index is 910. The maximum atomic E-state index is 13.0. The summed E-state index contributed by atoms with van der Waals surface area (Å²) in [4.78, 5) is 28.2. The summed E-state index contributed by atoms with van der Waals surface area (Å²) in [5, 5.41) is 7.71. The fourth-order valence-corrected chi connectivity index (χ4v) is 3.16. The highest BCUT2D eigenvalue weighted by Crippen LogP contribution is 2.25. The zero-order valence-electron chi connectivity index (χ0n) is 14.4. The van der Waals surface area contributed by atoms with E-state index in [1.54, 1.807) is 17.5 Å². The van der Waals surface area contributed by atoms with Gasteiger partial charge in [0.15, 0.2) is 5.13 Å². The molecule has 0 atom stereocenters. The molecule has 2 aromatic carbocycles. The molecule has 0 fully saturated rings. The highest BCUT2D eigenvalue weighted by Gasteiger charge is 2.09. The summed E-state index contributed by atoms with van der Waals surface area (Å²) in [5.41, 5.74) is 2.38. The molecule has 138 valence electrons. The van der Waals surface area contributed by atoms with E-state index < -0.39 is 0 Å². The number of rotatable bonds is 7. The van der Waals surface area contributed by atoms with Crippen molar-refractivity contribution in [2.45, 2.75) is 12.8 Å². The van der Waals surface area contributed by atoms with Gasteiger partial charge >= 0.3 is 0 Å². The highest BCUT2D eigenvalue weighted by atomic mass is 32.1. The predicted molar refractivity (Wildman–Crippen MR) is 104 cm³/mol. The first kappa shape index (κ1) is 18.7. The van der Waals surface area contributed by atoms with Crippen LogP contribution in [0, 0.1) is 5.82 Å². The van der Waals surface area contributed by atoms with Gasteiger partial charge < -0.3 is 10.6 Å². The number of anilines is 1. The Morgan fingerprint density at radius 2 is 1.74 bits per heavy atom. The van der Waals surface area contributed by atoms with Gasteiger partial charge in [0.1, 0.15) is 5.82 Å². The number of nitrogens with zero attached hydrogens (tertiary/aromatic N) is 1. The van der Waals surface area contributed by atoms with E-state index in [2.05, 4.69) is 15.6 Å². The van der Waals surface area contributed by atoms with Gasteiger partial charge in [-0.3, -0.25) is 9.59 Å². The van der Waals surface area contributed by atoms with E-state index >= 15 is 0 Å². The summed E-state index contributed by atoms with van der Waals surface area (Å²) < 4.78 is 13.0. The van der Waals surface area contributed by atoms with Crippen LogP contribution in [0.15, 0.2) is 60.0 Å². The Balaban J connectivity index is 1.43. The summed E-state index contributed by atoms with van der Waals surface area (Å²) in [6, 6.07) is 15.4. The Morgan fingerprint density at radius 1 is 1.00 bits per heavy atom. The van der Waals surface area contributed by atoms with Gasteiger partial charge in [-0.05, 0) is 29.8 Å². The van der Waals surface area contributed by atoms with Crippen LogP contribution in [0.25, 0.3) is 11.3 Å². The van der Waals surface area contributed by atoms with Crippen LogP contribution < -0.4 is 10.6 Å². The third-order valence-corrected chi connectivity index (χ3v) is 4.53. The van der Waals surface area contributed by atoms with Crippen LogP contribution >= 0.6 is 11.3 Å². The fraction of sp³-hybridized carbons (Fsp3) is 0.150. The first-order valence-electron chi connectivity index (χ1n) is 8.42. The van der Waals surface area contributed by atoms with Crippen LogP contribution in [0.2, 0.25) is 0 Å². The average molecular weight is 383 g/mol. The summed E-state index contributed by atoms with van der Waals surface area (Å²) >= 11 is 1.29. The number of thiazole rings is 1. The van der Waals surface area contributed by atoms with E-state index in [0.29, 0.717) is 10.8 Å². The topological polar surface area (TPSA) is 71.1 Å². The Labute approximate surface area is 160 Å². The molecule has 3 aromatic rings. The zero-order chi connectivity index (χ0) is 19.1. The number of aromatic nitrogens is 1. The van der Waals surface area contributed by atoms with E-state index in [4.69, 9.17) is 0 Å². The maximum Gasteiger partial charge on any atom is 0.227 e. The van der Waals surface area contributed by atoms with Crippen LogP contribution in [-0.2, 0) is 16.0 Å². The van der Waals surface area contributed by atoms with Gasteiger partial charge in [0.2, 0.25) is 11.8 Å². The van der Waals surface area contributed by atoms with E-state index in [1.807, 2.05) is 30.3 Å². The molecule has 1 heterocycles. The molecular formula is C20H18FN3O2S. The summed E-state index contributed by atoms with van der Waals surface area (Å²) in [7, 11) is 0. The smallest absolute Gasteiger partial charge is 0.227 e. The lowest BCUT2D eigenvalue weighted by Crippen LogP contribution is -2.28. The number of benzene rings is 2. The van der Waals surface area contributed by atoms with Crippen molar-refractivity contribution >= 4 is 28.3 Å². The van der Waals surface area contributed by atoms with Gasteiger partial charge in [-0.15, -0.1) is 11.3 Å². The summed E-state index contributed by atoms with van der Waals surface area (Å²) in [5.74, 6) is -0.659. The minimum atomic E-state index is -0.309. The van der Waals surface area contributed by atoms with Crippen molar-refractivity contribution in [2.24, 2.45) is 0 Å². The van der Waals surface area contributed by atoms with Gasteiger partial charge in [-0.2, -0.15) is 0 Å². The molecule has 0 spiro atoms. The lowest BCUT2D eigenvalue weighted by atomic mass is 10.1. The van der Waals surface area contributed by atoms with Crippen LogP contribution in [0.3, 0.4) is 0 Å². The van der Waals surface area contributed by atoms with Gasteiger partial charge in [0.05, 0.1) is 12.1 Å². The maximum absolute atomic E-state index is 13.0. The second-order valence-electron chi connectivity index (χ2n) is 5.86. The van der Waals surface area contributed by atoms with Crippen molar-refractivity contribution in [3.63, 3.8) is 0 Å². The molecule has 0 unspecified atom stereocenters. The minimum Gasteiger partial charge on any atom is -0.355 e. The molecule has 2 N–H and O–H groups in total. The summed E-state index contributed by atoms with van der Waals surface area (Å²) in [6.45, 7) is 0.258. The van der Waals surface area contributed by atoms with Crippen LogP contribution in [0.5, 0.6) is 0 Å². The molecule has 27 heavy (non-hydrogen) atoms. The number of hydrogen-bond donors (Lipinski definition) is 2. The highest BCUT2D eigenvalue weighted by molar-refractivity contribution is 7.14. The Morgan fingerprint density at radius 3 is 2.48 bits per heavy atom. The van der Waals surface area contributed by atoms with Crippen molar-refractivity contribution in [1.29, 1.82) is 0 Å². The van der Waals surface area contributed by atoms with Crippen molar-refractivity contribution in [2.75, 3.05) is 11.9 Å². The second-order valence-corrected chi connectivity index (χ2v) is 6.71. The van der Waals surface area contributed by atoms with Crippen molar-refractivity contribution in [1.82, 2.24) is 10.3 Å². The molecule has 0 radical (unpaired) electrons. The van der Waals surface area contributed by atoms with Crippen LogP contribution in [0.1, 0.15) is 12.0 Å². The SMILES string of the molecule is O=C(Cc1ccccc1)NCCC(=O)Nc1nc(-c2ccc(F)cc2)cs1. The standard InChI is InChI=1S/C20H18FN3O2S/c21-16-8-6-15(7-9-16)17-13-27-20(23-17)24-18(25)10-11-22-19(26)12-14-4-2-1-3-5-14/h1-9,13H,10-12H2,(H,22,26)(H,23,24,25). The van der Waals surface area contributed by atoms with E-state index in [-0.39, 0.29) is 37.0 Å². The van der Waals surface area contributed by atoms with Crippen molar-refractivity contribution in [3.8, 4) is 11.3 Å². The first-order chi connectivity index (χ1) is 13.1. The van der Waals surface area contributed by atoms with Crippen LogP contribution in [-0.4, -0.2) is 23.3 Å². The molecule has 1 aromatic heterocycles. The Kier molecular flexibility index (Phi) is 6.27. The lowest BCUT2D eigenvalue weighted by molar-refractivity contribution is -0.120. The number of hydrogen-bond acceptors (Lipinski definition) is 4. The second kappa shape index (κ2) is 9.05. The third-order valence-electron chi connectivity index (χ3n) is 3.77. The molecule has 3 rings (SSSR count). The molecule has 0 aliphatic carbocycles. The number of amides is 2. The van der Waals surface area contributed by atoms with Crippen molar-refractivity contribution in [3.05, 3.63) is 71.4 Å². The average Bonchev–Trinajstić information content (AvgIpc) is 3.11. The molecule has 0 bridgehead atoms. The Hall–Kier alpha value is -3.06. The molecule has 0 aliphatic heterocycles. The molecule has 2 amide bonds. The fourth-order valence-electron chi connectivity index (χ4n) is 2.43. The molecular weight excluding hydrogens is 365 g/mol. The quantitative estimate of drug-likeness (QED) is 0.654. The van der Waals surface area contributed by atoms with Crippen molar-refractivity contribution < 1.29 is 14.0 Å². The third kappa shape index (κ3) is 5.72. The lowest BCUT2D eigenvalue weighted by Gasteiger charge is -2.05. The normalized spacial score (nSPS) is 10.4. The minimum absolute atomic E-state index is 0.123. The van der Waals surface area contributed by atoms with E-state index in [0.717, 1.165) is 11.1 Å². The number of carbonyl (C=O) groups excluding carboxylic acids is 2. The molecule has 0 saturated carbocycles. The predicted octanol–water partition coefficient (Wildman–Crippen LogP) is 3.64. The van der Waals surface area contributed by atoms with Gasteiger partial charge in [-0.1, -0.05) is 30.3 Å². The monoisotopic (exact) mass is 383 g/mol. The van der Waals surface area contributed by atoms with E-state index in [9.17, 15) is 14.0 Å². The summed E-state index contributed by atoms with van der Waals surface area (Å²) in [6.07, 6.45) is 0.446. The molecule has 0 aliphatic rings. The molecule has 0 saturated heterocycles. The first-order valence-corrected chi connectivity index (χ1v) is 9.30. The number of halogens is 1. The molecule has 5 nitrogen and oxygen atoms in total. The van der Waals surface area contributed by atoms with Crippen LogP contribution in [0.4, 0.5) is 9.52 Å². The van der Waals surface area contributed by atoms with Gasteiger partial charge in [0, 0.05) is 23.9 Å². The van der Waals surface area contributed by atoms with Gasteiger partial charge in [0.25, 0.3) is 0 Å². The van der Waals surface area contributed by atoms with Gasteiger partial charge in [-0.25, -0.2) is 9.37 Å². The van der Waals surface area contributed by atoms with E-state index in [1.165, 1.54) is 23.5 Å². The molecule has 7 heteroatoms. The number of nitrogens with one attached hydrogen (secondary N) is 2. The number of carbonyl (C=O) groups is 2. The largest absolute Gasteiger partial charge is 0.355 e. The zero-order valence-corrected chi connectivity index (χ0v) is 15.3.